The van der Waals surface area contributed by atoms with Crippen molar-refractivity contribution in [3.63, 3.8) is 0 Å². The van der Waals surface area contributed by atoms with Gasteiger partial charge in [-0.3, -0.25) is 0 Å². The summed E-state index contributed by atoms with van der Waals surface area (Å²) in [7, 11) is 2.95. The predicted octanol–water partition coefficient (Wildman–Crippen LogP) is 3.37. The number of nitrogens with zero attached hydrogens (tertiary/aromatic N) is 2. The van der Waals surface area contributed by atoms with E-state index in [1.165, 1.54) is 32.1 Å². The standard InChI is InChI=1S/C29H27N2P2/c1-30-23-31(2)29(33(26-19-11-5-12-20-26)27-21-13-6-14-22-27)28(30)32(24-15-7-3-8-16-24)25-17-9-4-10-18-25/h3-23H,1-2H3/q+1. The van der Waals surface area contributed by atoms with Crippen molar-refractivity contribution in [2.45, 2.75) is 0 Å². The molecule has 0 atom stereocenters. The largest absolute Gasteiger partial charge is 0.244 e. The normalized spacial score (nSPS) is 11.3. The Balaban J connectivity index is 1.79. The summed E-state index contributed by atoms with van der Waals surface area (Å²) in [5.41, 5.74) is 2.81. The maximum Gasteiger partial charge on any atom is 0.244 e. The number of aryl methyl sites for hydroxylation is 2. The fourth-order valence-electron chi connectivity index (χ4n) is 4.30. The Morgan fingerprint density at radius 1 is 0.515 bits per heavy atom. The molecule has 4 heteroatoms. The van der Waals surface area contributed by atoms with Gasteiger partial charge in [0.2, 0.25) is 6.33 Å². The third-order valence-corrected chi connectivity index (χ3v) is 11.0. The lowest BCUT2D eigenvalue weighted by atomic mass is 10.4. The van der Waals surface area contributed by atoms with Crippen LogP contribution in [0.3, 0.4) is 0 Å². The Kier molecular flexibility index (Phi) is 6.49. The summed E-state index contributed by atoms with van der Waals surface area (Å²) in [4.78, 5) is 0. The second kappa shape index (κ2) is 9.84. The highest BCUT2D eigenvalue weighted by molar-refractivity contribution is 7.85. The molecule has 0 radical (unpaired) electrons. The van der Waals surface area contributed by atoms with E-state index in [1.807, 2.05) is 0 Å². The number of hydrogen-bond donors (Lipinski definition) is 0. The lowest BCUT2D eigenvalue weighted by Gasteiger charge is -2.22. The van der Waals surface area contributed by atoms with Gasteiger partial charge in [-0.1, -0.05) is 121 Å². The number of hydrogen-bond acceptors (Lipinski definition) is 0. The van der Waals surface area contributed by atoms with Gasteiger partial charge in [-0.2, -0.15) is 0 Å². The number of aromatic nitrogens is 2. The van der Waals surface area contributed by atoms with Crippen molar-refractivity contribution in [1.29, 1.82) is 0 Å². The lowest BCUT2D eigenvalue weighted by Crippen LogP contribution is -2.50. The zero-order chi connectivity index (χ0) is 22.6. The molecule has 0 saturated carbocycles. The van der Waals surface area contributed by atoms with Crippen LogP contribution in [0.4, 0.5) is 0 Å². The first-order valence-electron chi connectivity index (χ1n) is 11.1. The highest BCUT2D eigenvalue weighted by Crippen LogP contribution is 2.37. The van der Waals surface area contributed by atoms with Gasteiger partial charge in [0.15, 0.2) is 10.9 Å². The maximum absolute atomic E-state index is 2.35. The molecule has 1 aromatic heterocycles. The molecule has 1 heterocycles. The van der Waals surface area contributed by atoms with E-state index in [0.29, 0.717) is 0 Å². The highest BCUT2D eigenvalue weighted by atomic mass is 31.1. The molecular formula is C29H27N2P2+. The van der Waals surface area contributed by atoms with Crippen molar-refractivity contribution in [2.24, 2.45) is 14.1 Å². The summed E-state index contributed by atoms with van der Waals surface area (Å²) in [6.45, 7) is 0. The third kappa shape index (κ3) is 4.42. The fourth-order valence-corrected chi connectivity index (χ4v) is 9.80. The van der Waals surface area contributed by atoms with E-state index in [-0.39, 0.29) is 0 Å². The van der Waals surface area contributed by atoms with E-state index in [9.17, 15) is 0 Å². The first kappa shape index (κ1) is 21.8. The van der Waals surface area contributed by atoms with Crippen LogP contribution in [0.2, 0.25) is 0 Å². The van der Waals surface area contributed by atoms with E-state index in [2.05, 4.69) is 151 Å². The Morgan fingerprint density at radius 3 is 1.21 bits per heavy atom. The molecule has 0 N–H and O–H groups in total. The van der Waals surface area contributed by atoms with Gasteiger partial charge in [0, 0.05) is 15.8 Å². The molecule has 162 valence electrons. The molecule has 0 bridgehead atoms. The van der Waals surface area contributed by atoms with Gasteiger partial charge in [-0.15, -0.1) is 0 Å². The van der Waals surface area contributed by atoms with Crippen LogP contribution < -0.4 is 36.7 Å². The van der Waals surface area contributed by atoms with Crippen LogP contribution in [-0.2, 0) is 14.1 Å². The number of rotatable bonds is 6. The smallest absolute Gasteiger partial charge is 0.232 e. The lowest BCUT2D eigenvalue weighted by molar-refractivity contribution is -0.653. The average Bonchev–Trinajstić information content (AvgIpc) is 3.15. The summed E-state index contributed by atoms with van der Waals surface area (Å²) < 4.78 is 4.70. The fraction of sp³-hybridized carbons (Fsp3) is 0.0690. The van der Waals surface area contributed by atoms with E-state index in [4.69, 9.17) is 0 Å². The number of benzene rings is 4. The van der Waals surface area contributed by atoms with Crippen molar-refractivity contribution >= 4 is 47.9 Å². The van der Waals surface area contributed by atoms with Gasteiger partial charge in [0.05, 0.1) is 14.1 Å². The molecule has 5 aromatic rings. The zero-order valence-electron chi connectivity index (χ0n) is 18.9. The molecule has 0 spiro atoms. The molecule has 0 aliphatic rings. The Labute approximate surface area is 198 Å². The molecular weight excluding hydrogens is 438 g/mol. The molecule has 0 saturated heterocycles. The second-order valence-electron chi connectivity index (χ2n) is 8.00. The van der Waals surface area contributed by atoms with Gasteiger partial charge in [0.1, 0.15) is 0 Å². The minimum absolute atomic E-state index is 0.722. The van der Waals surface area contributed by atoms with Crippen LogP contribution in [0.25, 0.3) is 0 Å². The second-order valence-corrected chi connectivity index (χ2v) is 12.3. The molecule has 4 aromatic carbocycles. The topological polar surface area (TPSA) is 8.81 Å². The van der Waals surface area contributed by atoms with Gasteiger partial charge in [-0.05, 0) is 21.2 Å². The van der Waals surface area contributed by atoms with E-state index in [0.717, 1.165) is 0 Å². The van der Waals surface area contributed by atoms with E-state index in [1.54, 1.807) is 0 Å². The Hall–Kier alpha value is -3.05. The molecule has 0 unspecified atom stereocenters. The third-order valence-electron chi connectivity index (χ3n) is 5.70. The summed E-state index contributed by atoms with van der Waals surface area (Å²) in [6, 6.07) is 43.9. The van der Waals surface area contributed by atoms with Crippen LogP contribution in [0.5, 0.6) is 0 Å². The summed E-state index contributed by atoms with van der Waals surface area (Å²) in [5.74, 6) is 0. The first-order chi connectivity index (χ1) is 16.2. The van der Waals surface area contributed by atoms with Crippen molar-refractivity contribution in [3.05, 3.63) is 128 Å². The SMILES string of the molecule is Cn1c[n+](C)c(P(c2ccccc2)c2ccccc2)c1P(c1ccccc1)c1ccccc1. The van der Waals surface area contributed by atoms with Crippen LogP contribution in [-0.4, -0.2) is 4.57 Å². The Morgan fingerprint density at radius 2 is 0.848 bits per heavy atom. The van der Waals surface area contributed by atoms with Crippen LogP contribution in [0, 0.1) is 0 Å². The van der Waals surface area contributed by atoms with E-state index >= 15 is 0 Å². The maximum atomic E-state index is 2.35. The van der Waals surface area contributed by atoms with Gasteiger partial charge in [0.25, 0.3) is 0 Å². The minimum Gasteiger partial charge on any atom is -0.232 e. The first-order valence-corrected chi connectivity index (χ1v) is 13.8. The van der Waals surface area contributed by atoms with Crippen molar-refractivity contribution in [2.75, 3.05) is 0 Å². The van der Waals surface area contributed by atoms with Crippen molar-refractivity contribution in [3.8, 4) is 0 Å². The molecule has 0 amide bonds. The van der Waals surface area contributed by atoms with Crippen molar-refractivity contribution < 1.29 is 4.57 Å². The van der Waals surface area contributed by atoms with E-state index < -0.39 is 15.8 Å². The van der Waals surface area contributed by atoms with Crippen molar-refractivity contribution in [1.82, 2.24) is 4.57 Å². The van der Waals surface area contributed by atoms with Gasteiger partial charge < -0.3 is 0 Å². The highest BCUT2D eigenvalue weighted by Gasteiger charge is 2.35. The van der Waals surface area contributed by atoms with Crippen LogP contribution in [0.1, 0.15) is 0 Å². The zero-order valence-corrected chi connectivity index (χ0v) is 20.7. The Bertz CT molecular complexity index is 1140. The monoisotopic (exact) mass is 465 g/mol. The van der Waals surface area contributed by atoms with Crippen LogP contribution >= 0.6 is 15.8 Å². The average molecular weight is 465 g/mol. The van der Waals surface area contributed by atoms with Gasteiger partial charge >= 0.3 is 0 Å². The quantitative estimate of drug-likeness (QED) is 0.269. The predicted molar refractivity (Wildman–Crippen MR) is 144 cm³/mol. The molecule has 0 aliphatic carbocycles. The summed E-state index contributed by atoms with van der Waals surface area (Å²) in [5, 5.41) is 5.49. The van der Waals surface area contributed by atoms with Gasteiger partial charge in [-0.25, -0.2) is 9.13 Å². The molecule has 2 nitrogen and oxygen atoms in total. The molecule has 5 rings (SSSR count). The number of imidazole rings is 1. The molecule has 33 heavy (non-hydrogen) atoms. The summed E-state index contributed by atoms with van der Waals surface area (Å²) in [6.07, 6.45) is 2.24. The summed E-state index contributed by atoms with van der Waals surface area (Å²) >= 11 is 0. The molecule has 0 aliphatic heterocycles. The minimum atomic E-state index is -0.722. The molecule has 0 fully saturated rings. The van der Waals surface area contributed by atoms with Crippen LogP contribution in [0.15, 0.2) is 128 Å².